The first-order chi connectivity index (χ1) is 10.7. The number of carbonyl (C=O) groups excluding carboxylic acids is 1. The van der Waals surface area contributed by atoms with Crippen molar-refractivity contribution in [1.82, 2.24) is 5.32 Å². The summed E-state index contributed by atoms with van der Waals surface area (Å²) >= 11 is 1.74. The number of nitrogens with one attached hydrogen (secondary N) is 1. The third kappa shape index (κ3) is 3.18. The van der Waals surface area contributed by atoms with Crippen LogP contribution in [0.15, 0.2) is 39.6 Å². The van der Waals surface area contributed by atoms with Crippen LogP contribution in [0.3, 0.4) is 0 Å². The maximum atomic E-state index is 13.5. The van der Waals surface area contributed by atoms with E-state index < -0.39 is 5.97 Å². The van der Waals surface area contributed by atoms with E-state index in [0.29, 0.717) is 12.3 Å². The van der Waals surface area contributed by atoms with Crippen molar-refractivity contribution in [3.05, 3.63) is 53.2 Å². The van der Waals surface area contributed by atoms with E-state index >= 15 is 0 Å². The smallest absolute Gasteiger partial charge is 0.373 e. The van der Waals surface area contributed by atoms with Crippen molar-refractivity contribution < 1.29 is 18.3 Å². The first-order valence-corrected chi connectivity index (χ1v) is 7.98. The van der Waals surface area contributed by atoms with Gasteiger partial charge < -0.3 is 14.5 Å². The number of hydrogen-bond acceptors (Lipinski definition) is 5. The van der Waals surface area contributed by atoms with Gasteiger partial charge in [0.1, 0.15) is 11.6 Å². The van der Waals surface area contributed by atoms with E-state index in [1.165, 1.54) is 13.2 Å². The van der Waals surface area contributed by atoms with Crippen LogP contribution < -0.4 is 5.32 Å². The van der Waals surface area contributed by atoms with E-state index in [2.05, 4.69) is 10.1 Å². The minimum Gasteiger partial charge on any atom is -0.463 e. The molecule has 0 bridgehead atoms. The molecule has 1 aliphatic rings. The molecule has 2 heterocycles. The molecule has 0 amide bonds. The van der Waals surface area contributed by atoms with Gasteiger partial charge in [0.15, 0.2) is 0 Å². The van der Waals surface area contributed by atoms with E-state index in [-0.39, 0.29) is 17.6 Å². The molecule has 1 aliphatic heterocycles. The van der Waals surface area contributed by atoms with Crippen molar-refractivity contribution in [2.75, 3.05) is 12.9 Å². The van der Waals surface area contributed by atoms with E-state index in [1.807, 2.05) is 6.07 Å². The fourth-order valence-electron chi connectivity index (χ4n) is 2.48. The summed E-state index contributed by atoms with van der Waals surface area (Å²) in [5, 5.41) is 3.37. The Hall–Kier alpha value is -1.79. The number of halogens is 1. The van der Waals surface area contributed by atoms with Gasteiger partial charge in [-0.25, -0.2) is 9.18 Å². The van der Waals surface area contributed by atoms with Crippen molar-refractivity contribution in [3.8, 4) is 0 Å². The summed E-state index contributed by atoms with van der Waals surface area (Å²) in [5.41, 5.74) is 0.982. The molecule has 0 aliphatic carbocycles. The number of fused-ring (bicyclic) bond motifs is 1. The third-order valence-corrected chi connectivity index (χ3v) is 4.70. The predicted molar refractivity (Wildman–Crippen MR) is 81.4 cm³/mol. The monoisotopic (exact) mass is 321 g/mol. The summed E-state index contributed by atoms with van der Waals surface area (Å²) in [6.45, 7) is 0.474. The van der Waals surface area contributed by atoms with Crippen LogP contribution in [0.1, 0.15) is 34.3 Å². The summed E-state index contributed by atoms with van der Waals surface area (Å²) in [4.78, 5) is 12.5. The molecule has 0 saturated heterocycles. The normalized spacial score (nSPS) is 17.1. The highest BCUT2D eigenvalue weighted by molar-refractivity contribution is 7.99. The Bertz CT molecular complexity index is 686. The van der Waals surface area contributed by atoms with Crippen molar-refractivity contribution >= 4 is 17.7 Å². The molecule has 0 fully saturated rings. The number of carbonyl (C=O) groups is 1. The topological polar surface area (TPSA) is 51.5 Å². The lowest BCUT2D eigenvalue weighted by Gasteiger charge is -2.25. The van der Waals surface area contributed by atoms with Crippen molar-refractivity contribution in [1.29, 1.82) is 0 Å². The summed E-state index contributed by atoms with van der Waals surface area (Å²) in [5.74, 6) is 1.11. The molecule has 2 aromatic rings. The van der Waals surface area contributed by atoms with Gasteiger partial charge in [0.2, 0.25) is 5.76 Å². The van der Waals surface area contributed by atoms with E-state index in [4.69, 9.17) is 4.42 Å². The van der Waals surface area contributed by atoms with Gasteiger partial charge in [-0.3, -0.25) is 0 Å². The van der Waals surface area contributed by atoms with Crippen LogP contribution in [0, 0.1) is 5.82 Å². The Kier molecular flexibility index (Phi) is 4.49. The van der Waals surface area contributed by atoms with Crippen LogP contribution in [0.4, 0.5) is 4.39 Å². The molecule has 1 N–H and O–H groups in total. The Labute approximate surface area is 132 Å². The number of hydrogen-bond donors (Lipinski definition) is 1. The zero-order chi connectivity index (χ0) is 15.5. The fourth-order valence-corrected chi connectivity index (χ4v) is 3.59. The van der Waals surface area contributed by atoms with Crippen LogP contribution >= 0.6 is 11.8 Å². The van der Waals surface area contributed by atoms with Crippen molar-refractivity contribution in [3.63, 3.8) is 0 Å². The third-order valence-electron chi connectivity index (χ3n) is 3.58. The first kappa shape index (κ1) is 15.1. The molecule has 6 heteroatoms. The number of esters is 1. The van der Waals surface area contributed by atoms with Crippen LogP contribution in [-0.4, -0.2) is 18.8 Å². The Morgan fingerprint density at radius 3 is 3.14 bits per heavy atom. The SMILES string of the molecule is COC(=O)c1ccc(CNC2CCSc3ccc(F)cc32)o1. The molecule has 116 valence electrons. The van der Waals surface area contributed by atoms with E-state index in [1.54, 1.807) is 30.0 Å². The Morgan fingerprint density at radius 1 is 1.45 bits per heavy atom. The molecule has 0 saturated carbocycles. The first-order valence-electron chi connectivity index (χ1n) is 7.00. The van der Waals surface area contributed by atoms with Crippen molar-refractivity contribution in [2.24, 2.45) is 0 Å². The van der Waals surface area contributed by atoms with Crippen LogP contribution in [0.2, 0.25) is 0 Å². The van der Waals surface area contributed by atoms with Gasteiger partial charge in [0.25, 0.3) is 0 Å². The van der Waals surface area contributed by atoms with Crippen LogP contribution in [-0.2, 0) is 11.3 Å². The maximum Gasteiger partial charge on any atom is 0.373 e. The molecule has 0 radical (unpaired) electrons. The number of thioether (sulfide) groups is 1. The number of rotatable bonds is 4. The van der Waals surface area contributed by atoms with Gasteiger partial charge in [0.05, 0.1) is 13.7 Å². The molecule has 22 heavy (non-hydrogen) atoms. The van der Waals surface area contributed by atoms with E-state index in [9.17, 15) is 9.18 Å². The minimum atomic E-state index is -0.493. The van der Waals surface area contributed by atoms with Crippen LogP contribution in [0.25, 0.3) is 0 Å². The highest BCUT2D eigenvalue weighted by Crippen LogP contribution is 2.36. The summed E-state index contributed by atoms with van der Waals surface area (Å²) < 4.78 is 23.5. The van der Waals surface area contributed by atoms with Gasteiger partial charge in [-0.2, -0.15) is 0 Å². The maximum absolute atomic E-state index is 13.5. The summed E-state index contributed by atoms with van der Waals surface area (Å²) in [7, 11) is 1.31. The molecule has 4 nitrogen and oxygen atoms in total. The molecular weight excluding hydrogens is 305 g/mol. The molecule has 1 atom stereocenters. The van der Waals surface area contributed by atoms with Gasteiger partial charge in [0, 0.05) is 10.9 Å². The molecular formula is C16H16FNO3S. The lowest BCUT2D eigenvalue weighted by molar-refractivity contribution is 0.0562. The summed E-state index contributed by atoms with van der Waals surface area (Å²) in [6, 6.07) is 8.31. The molecule has 1 unspecified atom stereocenters. The standard InChI is InChI=1S/C16H16FNO3S/c1-20-16(19)14-4-3-11(21-14)9-18-13-6-7-22-15-5-2-10(17)8-12(13)15/h2-5,8,13,18H,6-7,9H2,1H3. The highest BCUT2D eigenvalue weighted by atomic mass is 32.2. The second-order valence-corrected chi connectivity index (χ2v) is 6.15. The number of methoxy groups -OCH3 is 1. The zero-order valence-corrected chi connectivity index (χ0v) is 12.9. The second kappa shape index (κ2) is 6.54. The summed E-state index contributed by atoms with van der Waals surface area (Å²) in [6.07, 6.45) is 0.922. The van der Waals surface area contributed by atoms with E-state index in [0.717, 1.165) is 22.6 Å². The fraction of sp³-hybridized carbons (Fsp3) is 0.312. The molecule has 3 rings (SSSR count). The van der Waals surface area contributed by atoms with Gasteiger partial charge in [-0.15, -0.1) is 11.8 Å². The molecule has 0 spiro atoms. The minimum absolute atomic E-state index is 0.0821. The largest absolute Gasteiger partial charge is 0.463 e. The zero-order valence-electron chi connectivity index (χ0n) is 12.1. The highest BCUT2D eigenvalue weighted by Gasteiger charge is 2.21. The van der Waals surface area contributed by atoms with Gasteiger partial charge in [-0.05, 0) is 48.1 Å². The second-order valence-electron chi connectivity index (χ2n) is 5.01. The number of ether oxygens (including phenoxy) is 1. The predicted octanol–water partition coefficient (Wildman–Crippen LogP) is 3.53. The number of furan rings is 1. The average Bonchev–Trinajstić information content (AvgIpc) is 3.01. The molecule has 1 aromatic carbocycles. The van der Waals surface area contributed by atoms with Crippen LogP contribution in [0.5, 0.6) is 0 Å². The lowest BCUT2D eigenvalue weighted by atomic mass is 10.0. The number of benzene rings is 1. The lowest BCUT2D eigenvalue weighted by Crippen LogP contribution is -2.24. The average molecular weight is 321 g/mol. The molecule has 1 aromatic heterocycles. The Balaban J connectivity index is 1.69. The quantitative estimate of drug-likeness (QED) is 0.873. The van der Waals surface area contributed by atoms with Gasteiger partial charge in [-0.1, -0.05) is 0 Å². The van der Waals surface area contributed by atoms with Gasteiger partial charge >= 0.3 is 5.97 Å². The van der Waals surface area contributed by atoms with Crippen molar-refractivity contribution in [2.45, 2.75) is 23.9 Å². The Morgan fingerprint density at radius 2 is 2.32 bits per heavy atom.